The fourth-order valence-corrected chi connectivity index (χ4v) is 3.31. The van der Waals surface area contributed by atoms with E-state index in [0.717, 1.165) is 5.56 Å². The lowest BCUT2D eigenvalue weighted by Gasteiger charge is -2.09. The molecule has 1 aromatic heterocycles. The lowest BCUT2D eigenvalue weighted by molar-refractivity contribution is 0.306. The second-order valence-corrected chi connectivity index (χ2v) is 7.23. The number of nitrogens with zero attached hydrogens (tertiary/aromatic N) is 2. The highest BCUT2D eigenvalue weighted by Gasteiger charge is 2.19. The van der Waals surface area contributed by atoms with Gasteiger partial charge in [-0.15, -0.1) is 0 Å². The third-order valence-electron chi connectivity index (χ3n) is 2.43. The molecule has 20 heavy (non-hydrogen) atoms. The van der Waals surface area contributed by atoms with Crippen molar-refractivity contribution < 1.29 is 13.2 Å². The zero-order valence-electron chi connectivity index (χ0n) is 10.2. The molecule has 1 aromatic carbocycles. The van der Waals surface area contributed by atoms with Crippen molar-refractivity contribution in [3.8, 4) is 5.75 Å². The Hall–Kier alpha value is -0.950. The van der Waals surface area contributed by atoms with E-state index in [1.807, 2.05) is 0 Å². The molecular weight excluding hydrogens is 347 g/mol. The standard InChI is InChI=1S/C11H9Cl3N2O3S/c1-16-5-7(4-15-16)6-19-8-2-3-9(20(14,17)18)11(13)10(8)12/h2-5H,6H2,1H3. The van der Waals surface area contributed by atoms with Gasteiger partial charge in [-0.1, -0.05) is 23.2 Å². The third-order valence-corrected chi connectivity index (χ3v) is 4.77. The van der Waals surface area contributed by atoms with Crippen molar-refractivity contribution in [1.29, 1.82) is 0 Å². The molecule has 0 N–H and O–H groups in total. The normalized spacial score (nSPS) is 11.6. The van der Waals surface area contributed by atoms with Crippen LogP contribution in [0.3, 0.4) is 0 Å². The smallest absolute Gasteiger partial charge is 0.262 e. The van der Waals surface area contributed by atoms with E-state index < -0.39 is 9.05 Å². The predicted molar refractivity (Wildman–Crippen MR) is 77.0 cm³/mol. The number of rotatable bonds is 4. The van der Waals surface area contributed by atoms with Crippen LogP contribution in [0.25, 0.3) is 0 Å². The van der Waals surface area contributed by atoms with E-state index in [1.165, 1.54) is 12.1 Å². The molecule has 0 aliphatic carbocycles. The first-order chi connectivity index (χ1) is 9.29. The van der Waals surface area contributed by atoms with Gasteiger partial charge in [-0.05, 0) is 12.1 Å². The van der Waals surface area contributed by atoms with Gasteiger partial charge in [-0.2, -0.15) is 5.10 Å². The highest BCUT2D eigenvalue weighted by atomic mass is 35.7. The summed E-state index contributed by atoms with van der Waals surface area (Å²) in [6.07, 6.45) is 3.43. The van der Waals surface area contributed by atoms with E-state index in [1.54, 1.807) is 24.1 Å². The van der Waals surface area contributed by atoms with Gasteiger partial charge in [0.1, 0.15) is 22.3 Å². The summed E-state index contributed by atoms with van der Waals surface area (Å²) in [7, 11) is 3.08. The average molecular weight is 356 g/mol. The second-order valence-electron chi connectivity index (χ2n) is 3.94. The van der Waals surface area contributed by atoms with Crippen LogP contribution in [0.5, 0.6) is 5.75 Å². The van der Waals surface area contributed by atoms with Crippen LogP contribution in [0.2, 0.25) is 10.0 Å². The van der Waals surface area contributed by atoms with Gasteiger partial charge in [0.15, 0.2) is 0 Å². The lowest BCUT2D eigenvalue weighted by Crippen LogP contribution is -1.98. The third kappa shape index (κ3) is 3.38. The zero-order chi connectivity index (χ0) is 14.9. The molecule has 0 spiro atoms. The summed E-state index contributed by atoms with van der Waals surface area (Å²) in [5, 5.41) is 3.83. The first-order valence-electron chi connectivity index (χ1n) is 5.32. The minimum atomic E-state index is -3.95. The molecular formula is C11H9Cl3N2O3S. The molecule has 9 heteroatoms. The van der Waals surface area contributed by atoms with Crippen LogP contribution in [-0.2, 0) is 22.7 Å². The van der Waals surface area contributed by atoms with Gasteiger partial charge in [0.05, 0.1) is 11.2 Å². The molecule has 1 heterocycles. The molecule has 0 amide bonds. The maximum atomic E-state index is 11.3. The summed E-state index contributed by atoms with van der Waals surface area (Å²) in [6, 6.07) is 2.65. The summed E-state index contributed by atoms with van der Waals surface area (Å²) in [4.78, 5) is -0.250. The van der Waals surface area contributed by atoms with Gasteiger partial charge in [0.2, 0.25) is 0 Å². The van der Waals surface area contributed by atoms with Gasteiger partial charge in [-0.25, -0.2) is 8.42 Å². The number of hydrogen-bond donors (Lipinski definition) is 0. The molecule has 0 radical (unpaired) electrons. The molecule has 2 aromatic rings. The van der Waals surface area contributed by atoms with Crippen molar-refractivity contribution in [3.05, 3.63) is 40.1 Å². The predicted octanol–water partition coefficient (Wildman–Crippen LogP) is 3.23. The highest BCUT2D eigenvalue weighted by Crippen LogP contribution is 2.38. The van der Waals surface area contributed by atoms with Gasteiger partial charge in [0.25, 0.3) is 9.05 Å². The molecule has 0 aliphatic heterocycles. The number of halogens is 3. The van der Waals surface area contributed by atoms with Gasteiger partial charge < -0.3 is 4.74 Å². The van der Waals surface area contributed by atoms with Crippen molar-refractivity contribution in [1.82, 2.24) is 9.78 Å². The monoisotopic (exact) mass is 354 g/mol. The van der Waals surface area contributed by atoms with Crippen molar-refractivity contribution in [2.24, 2.45) is 7.05 Å². The number of aromatic nitrogens is 2. The van der Waals surface area contributed by atoms with Crippen LogP contribution in [0.1, 0.15) is 5.56 Å². The number of benzene rings is 1. The van der Waals surface area contributed by atoms with E-state index in [4.69, 9.17) is 38.6 Å². The highest BCUT2D eigenvalue weighted by molar-refractivity contribution is 8.13. The summed E-state index contributed by atoms with van der Waals surface area (Å²) < 4.78 is 29.7. The van der Waals surface area contributed by atoms with Crippen LogP contribution in [-0.4, -0.2) is 18.2 Å². The van der Waals surface area contributed by atoms with Gasteiger partial charge in [-0.3, -0.25) is 4.68 Å². The molecule has 0 bridgehead atoms. The molecule has 0 fully saturated rings. The fraction of sp³-hybridized carbons (Fsp3) is 0.182. The van der Waals surface area contributed by atoms with Crippen molar-refractivity contribution in [3.63, 3.8) is 0 Å². The Labute approximate surface area is 130 Å². The summed E-state index contributed by atoms with van der Waals surface area (Å²) in [6.45, 7) is 0.233. The Morgan fingerprint density at radius 2 is 2.00 bits per heavy atom. The lowest BCUT2D eigenvalue weighted by atomic mass is 10.3. The largest absolute Gasteiger partial charge is 0.487 e. The molecule has 108 valence electrons. The van der Waals surface area contributed by atoms with Crippen LogP contribution in [0.4, 0.5) is 0 Å². The van der Waals surface area contributed by atoms with E-state index in [2.05, 4.69) is 5.10 Å². The topological polar surface area (TPSA) is 61.2 Å². The molecule has 0 saturated carbocycles. The molecule has 0 saturated heterocycles. The summed E-state index contributed by atoms with van der Waals surface area (Å²) >= 11 is 11.9. The number of hydrogen-bond acceptors (Lipinski definition) is 4. The maximum absolute atomic E-state index is 11.3. The Bertz CT molecular complexity index is 743. The van der Waals surface area contributed by atoms with Crippen molar-refractivity contribution >= 4 is 42.9 Å². The molecule has 2 rings (SSSR count). The molecule has 0 aliphatic rings. The van der Waals surface area contributed by atoms with Crippen LogP contribution in [0, 0.1) is 0 Å². The SMILES string of the molecule is Cn1cc(COc2ccc(S(=O)(=O)Cl)c(Cl)c2Cl)cn1. The molecule has 5 nitrogen and oxygen atoms in total. The maximum Gasteiger partial charge on any atom is 0.262 e. The number of ether oxygens (including phenoxy) is 1. The second kappa shape index (κ2) is 5.81. The van der Waals surface area contributed by atoms with E-state index >= 15 is 0 Å². The van der Waals surface area contributed by atoms with Crippen LogP contribution >= 0.6 is 33.9 Å². The first kappa shape index (κ1) is 15.4. The van der Waals surface area contributed by atoms with E-state index in [9.17, 15) is 8.42 Å². The average Bonchev–Trinajstić information content (AvgIpc) is 2.75. The summed E-state index contributed by atoms with van der Waals surface area (Å²) in [5.41, 5.74) is 0.841. The van der Waals surface area contributed by atoms with Crippen LogP contribution in [0.15, 0.2) is 29.4 Å². The quantitative estimate of drug-likeness (QED) is 0.790. The Morgan fingerprint density at radius 3 is 2.55 bits per heavy atom. The van der Waals surface area contributed by atoms with Gasteiger partial charge in [0, 0.05) is 29.5 Å². The first-order valence-corrected chi connectivity index (χ1v) is 8.38. The minimum Gasteiger partial charge on any atom is -0.487 e. The Kier molecular flexibility index (Phi) is 4.49. The molecule has 0 unspecified atom stereocenters. The number of aryl methyl sites for hydroxylation is 1. The van der Waals surface area contributed by atoms with Crippen LogP contribution < -0.4 is 4.74 Å². The Balaban J connectivity index is 2.24. The summed E-state index contributed by atoms with van der Waals surface area (Å²) in [5.74, 6) is 0.268. The fourth-order valence-electron chi connectivity index (χ4n) is 1.52. The zero-order valence-corrected chi connectivity index (χ0v) is 13.3. The van der Waals surface area contributed by atoms with E-state index in [0.29, 0.717) is 0 Å². The van der Waals surface area contributed by atoms with Gasteiger partial charge >= 0.3 is 0 Å². The van der Waals surface area contributed by atoms with Crippen molar-refractivity contribution in [2.75, 3.05) is 0 Å². The molecule has 0 atom stereocenters. The Morgan fingerprint density at radius 1 is 1.30 bits per heavy atom. The minimum absolute atomic E-state index is 0.00252. The van der Waals surface area contributed by atoms with E-state index in [-0.39, 0.29) is 27.3 Å². The van der Waals surface area contributed by atoms with Crippen molar-refractivity contribution in [2.45, 2.75) is 11.5 Å².